The highest BCUT2D eigenvalue weighted by Gasteiger charge is 2.05. The molecule has 1 aromatic heterocycles. The number of benzene rings is 1. The number of nitrogens with zero attached hydrogens (tertiary/aromatic N) is 1. The lowest BCUT2D eigenvalue weighted by Crippen LogP contribution is -2.15. The van der Waals surface area contributed by atoms with Crippen LogP contribution < -0.4 is 15.8 Å². The van der Waals surface area contributed by atoms with Gasteiger partial charge in [-0.15, -0.1) is 0 Å². The molecule has 5 heteroatoms. The first-order valence-electron chi connectivity index (χ1n) is 5.81. The maximum Gasteiger partial charge on any atom is 0.229 e. The zero-order valence-electron chi connectivity index (χ0n) is 10.6. The van der Waals surface area contributed by atoms with Gasteiger partial charge in [0.1, 0.15) is 11.6 Å². The summed E-state index contributed by atoms with van der Waals surface area (Å²) in [5.74, 6) is 1.09. The summed E-state index contributed by atoms with van der Waals surface area (Å²) in [5, 5.41) is 2.70. The molecule has 0 atom stereocenters. The van der Waals surface area contributed by atoms with E-state index in [1.54, 1.807) is 25.4 Å². The van der Waals surface area contributed by atoms with Crippen LogP contribution in [0, 0.1) is 0 Å². The van der Waals surface area contributed by atoms with Crippen molar-refractivity contribution in [3.63, 3.8) is 0 Å². The van der Waals surface area contributed by atoms with E-state index in [0.717, 1.165) is 11.3 Å². The van der Waals surface area contributed by atoms with Gasteiger partial charge in [0.15, 0.2) is 0 Å². The molecule has 0 bridgehead atoms. The summed E-state index contributed by atoms with van der Waals surface area (Å²) in [5.41, 5.74) is 7.08. The fourth-order valence-corrected chi connectivity index (χ4v) is 1.63. The summed E-state index contributed by atoms with van der Waals surface area (Å²) in [6.45, 7) is 0. The Morgan fingerprint density at radius 1 is 1.32 bits per heavy atom. The first-order chi connectivity index (χ1) is 9.17. The van der Waals surface area contributed by atoms with Crippen LogP contribution in [0.2, 0.25) is 0 Å². The lowest BCUT2D eigenvalue weighted by atomic mass is 10.1. The van der Waals surface area contributed by atoms with Gasteiger partial charge in [0.25, 0.3) is 0 Å². The van der Waals surface area contributed by atoms with Crippen LogP contribution in [0.1, 0.15) is 5.56 Å². The van der Waals surface area contributed by atoms with E-state index < -0.39 is 0 Å². The molecule has 5 nitrogen and oxygen atoms in total. The minimum atomic E-state index is -0.136. The van der Waals surface area contributed by atoms with E-state index in [2.05, 4.69) is 10.3 Å². The molecule has 3 N–H and O–H groups in total. The van der Waals surface area contributed by atoms with Crippen molar-refractivity contribution in [1.29, 1.82) is 0 Å². The number of pyridine rings is 1. The summed E-state index contributed by atoms with van der Waals surface area (Å²) in [7, 11) is 1.60. The monoisotopic (exact) mass is 257 g/mol. The second-order valence-electron chi connectivity index (χ2n) is 4.05. The number of methoxy groups -OCH3 is 1. The topological polar surface area (TPSA) is 77.2 Å². The Bertz CT molecular complexity index is 567. The summed E-state index contributed by atoms with van der Waals surface area (Å²) in [6.07, 6.45) is 1.83. The van der Waals surface area contributed by atoms with Crippen LogP contribution in [-0.2, 0) is 11.2 Å². The van der Waals surface area contributed by atoms with Crippen LogP contribution in [0.4, 0.5) is 11.5 Å². The second kappa shape index (κ2) is 5.86. The molecule has 2 rings (SSSR count). The number of hydrogen-bond acceptors (Lipinski definition) is 4. The number of rotatable bonds is 4. The van der Waals surface area contributed by atoms with Gasteiger partial charge in [0.05, 0.1) is 13.5 Å². The number of carbonyl (C=O) groups excluding carboxylic acids is 1. The Kier molecular flexibility index (Phi) is 3.97. The number of amides is 1. The Hall–Kier alpha value is -2.56. The Morgan fingerprint density at radius 2 is 2.05 bits per heavy atom. The predicted molar refractivity (Wildman–Crippen MR) is 74.0 cm³/mol. The van der Waals surface area contributed by atoms with Gasteiger partial charge in [-0.1, -0.05) is 12.1 Å². The van der Waals surface area contributed by atoms with Crippen molar-refractivity contribution in [2.24, 2.45) is 0 Å². The van der Waals surface area contributed by atoms with Gasteiger partial charge in [0.2, 0.25) is 5.91 Å². The standard InChI is InChI=1S/C14H15N3O2/c1-19-12-4-2-10(3-5-12)8-14(18)17-13-9-11(15)6-7-16-13/h2-7,9H,8H2,1H3,(H3,15,16,17,18). The molecule has 0 radical (unpaired) electrons. The minimum absolute atomic E-state index is 0.136. The van der Waals surface area contributed by atoms with Crippen LogP contribution >= 0.6 is 0 Å². The van der Waals surface area contributed by atoms with Gasteiger partial charge in [-0.2, -0.15) is 0 Å². The summed E-state index contributed by atoms with van der Waals surface area (Å²) >= 11 is 0. The third-order valence-electron chi connectivity index (χ3n) is 2.58. The number of hydrogen-bond donors (Lipinski definition) is 2. The Labute approximate surface area is 111 Å². The van der Waals surface area contributed by atoms with Crippen molar-refractivity contribution in [2.75, 3.05) is 18.2 Å². The molecular weight excluding hydrogens is 242 g/mol. The SMILES string of the molecule is COc1ccc(CC(=O)Nc2cc(N)ccn2)cc1. The number of nitrogen functional groups attached to an aromatic ring is 1. The number of nitrogens with one attached hydrogen (secondary N) is 1. The Balaban J connectivity index is 1.97. The summed E-state index contributed by atoms with van der Waals surface area (Å²) < 4.78 is 5.06. The van der Waals surface area contributed by atoms with Crippen LogP contribution in [0.5, 0.6) is 5.75 Å². The van der Waals surface area contributed by atoms with E-state index in [-0.39, 0.29) is 12.3 Å². The van der Waals surface area contributed by atoms with Crippen LogP contribution in [-0.4, -0.2) is 18.0 Å². The van der Waals surface area contributed by atoms with Gasteiger partial charge >= 0.3 is 0 Å². The Morgan fingerprint density at radius 3 is 2.68 bits per heavy atom. The van der Waals surface area contributed by atoms with E-state index in [9.17, 15) is 4.79 Å². The highest BCUT2D eigenvalue weighted by atomic mass is 16.5. The maximum atomic E-state index is 11.8. The molecular formula is C14H15N3O2. The zero-order valence-corrected chi connectivity index (χ0v) is 10.6. The van der Waals surface area contributed by atoms with Gasteiger partial charge in [-0.05, 0) is 23.8 Å². The number of ether oxygens (including phenoxy) is 1. The summed E-state index contributed by atoms with van der Waals surface area (Å²) in [4.78, 5) is 15.8. The fourth-order valence-electron chi connectivity index (χ4n) is 1.63. The lowest BCUT2D eigenvalue weighted by Gasteiger charge is -2.06. The van der Waals surface area contributed by atoms with Crippen molar-refractivity contribution in [3.05, 3.63) is 48.2 Å². The van der Waals surface area contributed by atoms with Crippen molar-refractivity contribution in [2.45, 2.75) is 6.42 Å². The molecule has 2 aromatic rings. The third-order valence-corrected chi connectivity index (χ3v) is 2.58. The third kappa shape index (κ3) is 3.70. The van der Waals surface area contributed by atoms with Gasteiger partial charge in [0, 0.05) is 18.0 Å². The normalized spacial score (nSPS) is 9.95. The molecule has 1 aromatic carbocycles. The van der Waals surface area contributed by atoms with E-state index in [4.69, 9.17) is 10.5 Å². The van der Waals surface area contributed by atoms with Crippen molar-refractivity contribution in [1.82, 2.24) is 4.98 Å². The molecule has 0 saturated heterocycles. The average molecular weight is 257 g/mol. The summed E-state index contributed by atoms with van der Waals surface area (Å²) in [6, 6.07) is 10.6. The number of anilines is 2. The van der Waals surface area contributed by atoms with Crippen molar-refractivity contribution in [3.8, 4) is 5.75 Å². The minimum Gasteiger partial charge on any atom is -0.497 e. The molecule has 98 valence electrons. The highest BCUT2D eigenvalue weighted by molar-refractivity contribution is 5.91. The maximum absolute atomic E-state index is 11.8. The number of nitrogens with two attached hydrogens (primary N) is 1. The molecule has 0 spiro atoms. The molecule has 0 unspecified atom stereocenters. The van der Waals surface area contributed by atoms with E-state index >= 15 is 0 Å². The largest absolute Gasteiger partial charge is 0.497 e. The van der Waals surface area contributed by atoms with Crippen LogP contribution in [0.25, 0.3) is 0 Å². The van der Waals surface area contributed by atoms with Crippen molar-refractivity contribution < 1.29 is 9.53 Å². The molecule has 0 aliphatic rings. The van der Waals surface area contributed by atoms with Gasteiger partial charge in [-0.3, -0.25) is 4.79 Å². The molecule has 0 saturated carbocycles. The van der Waals surface area contributed by atoms with E-state index in [0.29, 0.717) is 11.5 Å². The predicted octanol–water partition coefficient (Wildman–Crippen LogP) is 1.85. The number of aromatic nitrogens is 1. The first kappa shape index (κ1) is 12.9. The lowest BCUT2D eigenvalue weighted by molar-refractivity contribution is -0.115. The quantitative estimate of drug-likeness (QED) is 0.876. The molecule has 0 aliphatic carbocycles. The molecule has 0 fully saturated rings. The second-order valence-corrected chi connectivity index (χ2v) is 4.05. The molecule has 1 amide bonds. The van der Waals surface area contributed by atoms with Crippen molar-refractivity contribution >= 4 is 17.4 Å². The highest BCUT2D eigenvalue weighted by Crippen LogP contribution is 2.13. The van der Waals surface area contributed by atoms with Gasteiger partial charge < -0.3 is 15.8 Å². The molecule has 19 heavy (non-hydrogen) atoms. The van der Waals surface area contributed by atoms with E-state index in [1.807, 2.05) is 24.3 Å². The van der Waals surface area contributed by atoms with Gasteiger partial charge in [-0.25, -0.2) is 4.98 Å². The van der Waals surface area contributed by atoms with Crippen LogP contribution in [0.15, 0.2) is 42.6 Å². The smallest absolute Gasteiger partial charge is 0.229 e. The average Bonchev–Trinajstić information content (AvgIpc) is 2.39. The molecule has 0 aliphatic heterocycles. The fraction of sp³-hybridized carbons (Fsp3) is 0.143. The van der Waals surface area contributed by atoms with E-state index in [1.165, 1.54) is 0 Å². The number of carbonyl (C=O) groups is 1. The molecule has 1 heterocycles. The zero-order chi connectivity index (χ0) is 13.7. The first-order valence-corrected chi connectivity index (χ1v) is 5.81. The van der Waals surface area contributed by atoms with Crippen LogP contribution in [0.3, 0.4) is 0 Å².